The summed E-state index contributed by atoms with van der Waals surface area (Å²) >= 11 is 0. The Bertz CT molecular complexity index is 1540. The first-order valence-electron chi connectivity index (χ1n) is 12.4. The van der Waals surface area contributed by atoms with Crippen molar-refractivity contribution >= 4 is 16.9 Å². The van der Waals surface area contributed by atoms with Crippen molar-refractivity contribution in [3.05, 3.63) is 136 Å². The van der Waals surface area contributed by atoms with Gasteiger partial charge in [-0.05, 0) is 67.3 Å². The number of amides is 1. The summed E-state index contributed by atoms with van der Waals surface area (Å²) in [5.74, 6) is 0.357. The van der Waals surface area contributed by atoms with Gasteiger partial charge >= 0.3 is 0 Å². The molecule has 5 rings (SSSR count). The van der Waals surface area contributed by atoms with Crippen LogP contribution in [0.5, 0.6) is 0 Å². The van der Waals surface area contributed by atoms with Crippen molar-refractivity contribution in [2.75, 3.05) is 0 Å². The Morgan fingerprint density at radius 1 is 1.00 bits per heavy atom. The number of aliphatic hydroxyl groups is 1. The maximum atomic E-state index is 13.3. The van der Waals surface area contributed by atoms with Crippen molar-refractivity contribution in [3.63, 3.8) is 0 Å². The van der Waals surface area contributed by atoms with E-state index in [-0.39, 0.29) is 18.4 Å². The molecular weight excluding hydrogens is 460 g/mol. The van der Waals surface area contributed by atoms with E-state index < -0.39 is 5.60 Å². The lowest BCUT2D eigenvalue weighted by Crippen LogP contribution is -2.31. The number of fused-ring (bicyclic) bond motifs is 1. The molecule has 0 aliphatic heterocycles. The number of aryl methyl sites for hydroxylation is 2. The summed E-state index contributed by atoms with van der Waals surface area (Å²) in [6.07, 6.45) is 3.52. The predicted octanol–water partition coefficient (Wildman–Crippen LogP) is 6.15. The molecule has 3 aromatic carbocycles. The zero-order valence-electron chi connectivity index (χ0n) is 21.2. The van der Waals surface area contributed by atoms with Crippen molar-refractivity contribution < 1.29 is 14.3 Å². The van der Waals surface area contributed by atoms with Gasteiger partial charge in [-0.25, -0.2) is 0 Å². The van der Waals surface area contributed by atoms with Crippen molar-refractivity contribution in [1.82, 2.24) is 10.3 Å². The van der Waals surface area contributed by atoms with E-state index in [1.165, 1.54) is 5.56 Å². The number of aromatic nitrogens is 1. The molecule has 0 bridgehead atoms. The molecule has 0 saturated heterocycles. The van der Waals surface area contributed by atoms with Crippen LogP contribution in [0, 0.1) is 13.8 Å². The highest BCUT2D eigenvalue weighted by atomic mass is 16.4. The van der Waals surface area contributed by atoms with E-state index in [1.54, 1.807) is 25.4 Å². The van der Waals surface area contributed by atoms with Crippen LogP contribution in [0.15, 0.2) is 102 Å². The monoisotopic (exact) mass is 490 g/mol. The van der Waals surface area contributed by atoms with E-state index in [9.17, 15) is 9.90 Å². The summed E-state index contributed by atoms with van der Waals surface area (Å²) in [6, 6.07) is 27.2. The molecule has 0 aliphatic rings. The molecule has 0 spiro atoms. The van der Waals surface area contributed by atoms with Crippen LogP contribution >= 0.6 is 0 Å². The second kappa shape index (κ2) is 10.0. The van der Waals surface area contributed by atoms with E-state index in [4.69, 9.17) is 4.42 Å². The fourth-order valence-electron chi connectivity index (χ4n) is 4.77. The van der Waals surface area contributed by atoms with E-state index in [0.29, 0.717) is 16.9 Å². The van der Waals surface area contributed by atoms with Gasteiger partial charge < -0.3 is 14.8 Å². The molecule has 5 heteroatoms. The number of hydrogen-bond acceptors (Lipinski definition) is 4. The Morgan fingerprint density at radius 2 is 1.81 bits per heavy atom. The number of hydrogen-bond donors (Lipinski definition) is 2. The van der Waals surface area contributed by atoms with Gasteiger partial charge in [-0.1, -0.05) is 66.2 Å². The zero-order chi connectivity index (χ0) is 26.0. The highest BCUT2D eigenvalue weighted by Crippen LogP contribution is 2.33. The van der Waals surface area contributed by atoms with Crippen LogP contribution in [0.4, 0.5) is 0 Å². The van der Waals surface area contributed by atoms with Gasteiger partial charge in [0, 0.05) is 23.3 Å². The standard InChI is InChI=1S/C32H30N2O3/c1-21-11-13-27(22(2)16-21)31(24-8-5-4-6-9-24)34-30(35)18-23-12-14-28-25(17-23)19-29(37-28)32(3,36)26-10-7-15-33-20-26/h4-17,19-20,31,36H,18H2,1-3H3,(H,34,35). The topological polar surface area (TPSA) is 75.4 Å². The molecule has 37 heavy (non-hydrogen) atoms. The van der Waals surface area contributed by atoms with E-state index in [2.05, 4.69) is 42.3 Å². The number of furan rings is 1. The van der Waals surface area contributed by atoms with E-state index >= 15 is 0 Å². The van der Waals surface area contributed by atoms with Gasteiger partial charge in [0.25, 0.3) is 0 Å². The molecule has 2 unspecified atom stereocenters. The number of rotatable bonds is 7. The SMILES string of the molecule is Cc1ccc(C(NC(=O)Cc2ccc3oc(C(C)(O)c4cccnc4)cc3c2)c2ccccc2)c(C)c1. The Kier molecular flexibility index (Phi) is 6.64. The molecule has 5 aromatic rings. The molecule has 0 saturated carbocycles. The first-order chi connectivity index (χ1) is 17.8. The van der Waals surface area contributed by atoms with Gasteiger partial charge in [0.2, 0.25) is 5.91 Å². The van der Waals surface area contributed by atoms with Crippen LogP contribution in [0.1, 0.15) is 52.1 Å². The lowest BCUT2D eigenvalue weighted by atomic mass is 9.93. The molecule has 0 fully saturated rings. The normalized spacial score (nSPS) is 13.7. The fraction of sp³-hybridized carbons (Fsp3) is 0.188. The number of nitrogens with one attached hydrogen (secondary N) is 1. The quantitative estimate of drug-likeness (QED) is 0.287. The van der Waals surface area contributed by atoms with Crippen molar-refractivity contribution in [2.24, 2.45) is 0 Å². The Hall–Kier alpha value is -4.22. The lowest BCUT2D eigenvalue weighted by Gasteiger charge is -2.22. The number of pyridine rings is 1. The van der Waals surface area contributed by atoms with Crippen molar-refractivity contribution in [3.8, 4) is 0 Å². The number of benzene rings is 3. The minimum atomic E-state index is -1.32. The Labute approximate surface area is 216 Å². The summed E-state index contributed by atoms with van der Waals surface area (Å²) in [6.45, 7) is 5.84. The van der Waals surface area contributed by atoms with Gasteiger partial charge in [-0.3, -0.25) is 9.78 Å². The summed E-state index contributed by atoms with van der Waals surface area (Å²) < 4.78 is 5.97. The van der Waals surface area contributed by atoms with Gasteiger partial charge in [-0.2, -0.15) is 0 Å². The number of carbonyl (C=O) groups excluding carboxylic acids is 1. The van der Waals surface area contributed by atoms with Crippen LogP contribution in [-0.4, -0.2) is 16.0 Å². The van der Waals surface area contributed by atoms with Crippen LogP contribution < -0.4 is 5.32 Å². The third-order valence-corrected chi connectivity index (χ3v) is 6.82. The molecule has 2 N–H and O–H groups in total. The van der Waals surface area contributed by atoms with Crippen molar-refractivity contribution in [1.29, 1.82) is 0 Å². The average Bonchev–Trinajstić information content (AvgIpc) is 3.33. The van der Waals surface area contributed by atoms with Crippen molar-refractivity contribution in [2.45, 2.75) is 38.8 Å². The van der Waals surface area contributed by atoms with Gasteiger partial charge in [0.05, 0.1) is 12.5 Å². The maximum Gasteiger partial charge on any atom is 0.225 e. The molecular formula is C32H30N2O3. The molecule has 5 nitrogen and oxygen atoms in total. The molecule has 2 heterocycles. The first-order valence-corrected chi connectivity index (χ1v) is 12.4. The van der Waals surface area contributed by atoms with E-state index in [1.807, 2.05) is 60.7 Å². The van der Waals surface area contributed by atoms with Crippen LogP contribution in [-0.2, 0) is 16.8 Å². The van der Waals surface area contributed by atoms with Crippen LogP contribution in [0.25, 0.3) is 11.0 Å². The van der Waals surface area contributed by atoms with Gasteiger partial charge in [0.1, 0.15) is 16.9 Å². The number of carbonyl (C=O) groups is 1. The molecule has 2 atom stereocenters. The molecule has 2 aromatic heterocycles. The highest BCUT2D eigenvalue weighted by molar-refractivity contribution is 5.83. The molecule has 0 aliphatic carbocycles. The summed E-state index contributed by atoms with van der Waals surface area (Å²) in [7, 11) is 0. The molecule has 0 radical (unpaired) electrons. The minimum Gasteiger partial charge on any atom is -0.458 e. The fourth-order valence-corrected chi connectivity index (χ4v) is 4.77. The van der Waals surface area contributed by atoms with Crippen LogP contribution in [0.3, 0.4) is 0 Å². The second-order valence-electron chi connectivity index (χ2n) is 9.74. The molecule has 1 amide bonds. The first kappa shape index (κ1) is 24.5. The average molecular weight is 491 g/mol. The highest BCUT2D eigenvalue weighted by Gasteiger charge is 2.30. The minimum absolute atomic E-state index is 0.0701. The maximum absolute atomic E-state index is 13.3. The third kappa shape index (κ3) is 5.18. The van der Waals surface area contributed by atoms with Gasteiger partial charge in [0.15, 0.2) is 0 Å². The zero-order valence-corrected chi connectivity index (χ0v) is 21.2. The predicted molar refractivity (Wildman–Crippen MR) is 145 cm³/mol. The Morgan fingerprint density at radius 3 is 2.54 bits per heavy atom. The number of nitrogens with zero attached hydrogens (tertiary/aromatic N) is 1. The Balaban J connectivity index is 1.38. The summed E-state index contributed by atoms with van der Waals surface area (Å²) in [5, 5.41) is 15.2. The largest absolute Gasteiger partial charge is 0.458 e. The summed E-state index contributed by atoms with van der Waals surface area (Å²) in [4.78, 5) is 17.4. The van der Waals surface area contributed by atoms with Crippen LogP contribution in [0.2, 0.25) is 0 Å². The lowest BCUT2D eigenvalue weighted by molar-refractivity contribution is -0.120. The van der Waals surface area contributed by atoms with E-state index in [0.717, 1.165) is 27.6 Å². The molecule has 186 valence electrons. The third-order valence-electron chi connectivity index (χ3n) is 6.82. The second-order valence-corrected chi connectivity index (χ2v) is 9.74. The smallest absolute Gasteiger partial charge is 0.225 e. The van der Waals surface area contributed by atoms with Gasteiger partial charge in [-0.15, -0.1) is 0 Å². The summed E-state index contributed by atoms with van der Waals surface area (Å²) in [5.41, 5.74) is 5.29.